The minimum atomic E-state index is 0.0488. The maximum absolute atomic E-state index is 8.57. The average molecular weight is 228 g/mol. The van der Waals surface area contributed by atoms with E-state index in [1.54, 1.807) is 0 Å². The molecule has 0 saturated heterocycles. The predicted octanol–water partition coefficient (Wildman–Crippen LogP) is -0.302. The van der Waals surface area contributed by atoms with Crippen molar-refractivity contribution in [2.45, 2.75) is 32.9 Å². The number of nitrogens with zero attached hydrogens (tertiary/aromatic N) is 3. The maximum atomic E-state index is 8.57. The molecule has 16 heavy (non-hydrogen) atoms. The molecule has 0 bridgehead atoms. The van der Waals surface area contributed by atoms with Crippen molar-refractivity contribution in [3.63, 3.8) is 0 Å². The van der Waals surface area contributed by atoms with E-state index in [4.69, 9.17) is 15.6 Å². The summed E-state index contributed by atoms with van der Waals surface area (Å²) in [5, 5.41) is 16.7. The largest absolute Gasteiger partial charge is 0.394 e. The molecule has 0 aliphatic heterocycles. The summed E-state index contributed by atoms with van der Waals surface area (Å²) in [5.74, 6) is 0. The van der Waals surface area contributed by atoms with Gasteiger partial charge in [-0.25, -0.2) is 4.68 Å². The van der Waals surface area contributed by atoms with E-state index in [0.717, 1.165) is 24.2 Å². The van der Waals surface area contributed by atoms with Crippen LogP contribution < -0.4 is 5.73 Å². The van der Waals surface area contributed by atoms with Crippen molar-refractivity contribution >= 4 is 0 Å². The lowest BCUT2D eigenvalue weighted by atomic mass is 10.2. The van der Waals surface area contributed by atoms with Gasteiger partial charge in [0.15, 0.2) is 0 Å². The second kappa shape index (κ2) is 7.32. The second-order valence-electron chi connectivity index (χ2n) is 3.50. The van der Waals surface area contributed by atoms with E-state index in [2.05, 4.69) is 17.2 Å². The Hall–Kier alpha value is -0.980. The topological polar surface area (TPSA) is 86.2 Å². The van der Waals surface area contributed by atoms with Gasteiger partial charge in [-0.05, 0) is 6.42 Å². The van der Waals surface area contributed by atoms with E-state index < -0.39 is 0 Å². The Balaban J connectivity index is 2.53. The van der Waals surface area contributed by atoms with Crippen molar-refractivity contribution in [3.05, 3.63) is 11.4 Å². The van der Waals surface area contributed by atoms with Crippen LogP contribution in [0.1, 0.15) is 24.7 Å². The highest BCUT2D eigenvalue weighted by molar-refractivity contribution is 5.09. The molecular formula is C10H20N4O2. The fraction of sp³-hybridized carbons (Fsp3) is 0.800. The van der Waals surface area contributed by atoms with E-state index in [1.165, 1.54) is 0 Å². The molecular weight excluding hydrogens is 208 g/mol. The molecule has 1 heterocycles. The van der Waals surface area contributed by atoms with Gasteiger partial charge in [0, 0.05) is 6.54 Å². The Morgan fingerprint density at radius 3 is 2.88 bits per heavy atom. The smallest absolute Gasteiger partial charge is 0.0994 e. The Morgan fingerprint density at radius 1 is 1.44 bits per heavy atom. The van der Waals surface area contributed by atoms with Gasteiger partial charge in [0.2, 0.25) is 0 Å². The minimum absolute atomic E-state index is 0.0488. The van der Waals surface area contributed by atoms with Gasteiger partial charge in [-0.15, -0.1) is 5.10 Å². The van der Waals surface area contributed by atoms with Gasteiger partial charge < -0.3 is 15.6 Å². The van der Waals surface area contributed by atoms with E-state index in [0.29, 0.717) is 26.3 Å². The number of aliphatic hydroxyl groups excluding tert-OH is 1. The van der Waals surface area contributed by atoms with Gasteiger partial charge in [-0.1, -0.05) is 18.6 Å². The number of ether oxygens (including phenoxy) is 1. The highest BCUT2D eigenvalue weighted by Gasteiger charge is 2.09. The summed E-state index contributed by atoms with van der Waals surface area (Å²) in [7, 11) is 0. The highest BCUT2D eigenvalue weighted by Crippen LogP contribution is 2.07. The molecule has 1 aromatic heterocycles. The summed E-state index contributed by atoms with van der Waals surface area (Å²) in [5.41, 5.74) is 7.55. The number of hydrogen-bond donors (Lipinski definition) is 2. The van der Waals surface area contributed by atoms with Gasteiger partial charge in [-0.3, -0.25) is 0 Å². The third kappa shape index (κ3) is 3.55. The summed E-state index contributed by atoms with van der Waals surface area (Å²) in [6.07, 6.45) is 1.97. The standard InChI is InChI=1S/C10H20N4O2/c1-2-3-10-9(8-11)12-13-14(10)4-6-16-7-5-15/h15H,2-8,11H2,1H3. The van der Waals surface area contributed by atoms with Crippen molar-refractivity contribution in [1.82, 2.24) is 15.0 Å². The number of aromatic nitrogens is 3. The van der Waals surface area contributed by atoms with E-state index >= 15 is 0 Å². The fourth-order valence-electron chi connectivity index (χ4n) is 1.53. The average Bonchev–Trinajstić information content (AvgIpc) is 2.68. The molecule has 0 radical (unpaired) electrons. The zero-order chi connectivity index (χ0) is 11.8. The van der Waals surface area contributed by atoms with Gasteiger partial charge >= 0.3 is 0 Å². The normalized spacial score (nSPS) is 10.9. The third-order valence-electron chi connectivity index (χ3n) is 2.28. The molecule has 3 N–H and O–H groups in total. The zero-order valence-corrected chi connectivity index (χ0v) is 9.72. The van der Waals surface area contributed by atoms with Gasteiger partial charge in [0.1, 0.15) is 0 Å². The minimum Gasteiger partial charge on any atom is -0.394 e. The summed E-state index contributed by atoms with van der Waals surface area (Å²) in [4.78, 5) is 0. The zero-order valence-electron chi connectivity index (χ0n) is 9.72. The Labute approximate surface area is 95.4 Å². The molecule has 1 rings (SSSR count). The lowest BCUT2D eigenvalue weighted by Crippen LogP contribution is -2.13. The monoisotopic (exact) mass is 228 g/mol. The third-order valence-corrected chi connectivity index (χ3v) is 2.28. The first-order valence-corrected chi connectivity index (χ1v) is 5.63. The molecule has 0 atom stereocenters. The number of hydrogen-bond acceptors (Lipinski definition) is 5. The predicted molar refractivity (Wildman–Crippen MR) is 59.8 cm³/mol. The Kier molecular flexibility index (Phi) is 5.99. The van der Waals surface area contributed by atoms with Gasteiger partial charge in [-0.2, -0.15) is 0 Å². The fourth-order valence-corrected chi connectivity index (χ4v) is 1.53. The van der Waals surface area contributed by atoms with E-state index in [9.17, 15) is 0 Å². The van der Waals surface area contributed by atoms with Crippen LogP contribution in [0.25, 0.3) is 0 Å². The summed E-state index contributed by atoms with van der Waals surface area (Å²) >= 11 is 0. The van der Waals surface area contributed by atoms with Crippen molar-refractivity contribution < 1.29 is 9.84 Å². The van der Waals surface area contributed by atoms with Crippen LogP contribution in [0.2, 0.25) is 0 Å². The van der Waals surface area contributed by atoms with Crippen molar-refractivity contribution in [3.8, 4) is 0 Å². The molecule has 1 aromatic rings. The SMILES string of the molecule is CCCc1c(CN)nnn1CCOCCO. The molecule has 0 saturated carbocycles. The van der Waals surface area contributed by atoms with Crippen molar-refractivity contribution in [2.75, 3.05) is 19.8 Å². The van der Waals surface area contributed by atoms with Crippen LogP contribution in [-0.4, -0.2) is 39.9 Å². The summed E-state index contributed by atoms with van der Waals surface area (Å²) in [6, 6.07) is 0. The van der Waals surface area contributed by atoms with Crippen LogP contribution in [0.15, 0.2) is 0 Å². The highest BCUT2D eigenvalue weighted by atomic mass is 16.5. The van der Waals surface area contributed by atoms with Gasteiger partial charge in [0.25, 0.3) is 0 Å². The number of rotatable bonds is 8. The first kappa shape index (κ1) is 13.1. The molecule has 0 aliphatic carbocycles. The Bertz CT molecular complexity index is 301. The number of nitrogens with two attached hydrogens (primary N) is 1. The van der Waals surface area contributed by atoms with Crippen LogP contribution in [0, 0.1) is 0 Å². The number of aliphatic hydroxyl groups is 1. The second-order valence-corrected chi connectivity index (χ2v) is 3.50. The van der Waals surface area contributed by atoms with Crippen LogP contribution in [-0.2, 0) is 24.2 Å². The van der Waals surface area contributed by atoms with E-state index in [1.807, 2.05) is 4.68 Å². The van der Waals surface area contributed by atoms with Gasteiger partial charge in [0.05, 0.1) is 37.8 Å². The molecule has 0 unspecified atom stereocenters. The first-order valence-electron chi connectivity index (χ1n) is 5.63. The molecule has 92 valence electrons. The molecule has 0 amide bonds. The molecule has 0 spiro atoms. The van der Waals surface area contributed by atoms with Crippen LogP contribution in [0.3, 0.4) is 0 Å². The first-order chi connectivity index (χ1) is 7.83. The quantitative estimate of drug-likeness (QED) is 0.596. The molecule has 0 aliphatic rings. The lowest BCUT2D eigenvalue weighted by Gasteiger charge is -2.06. The van der Waals surface area contributed by atoms with Crippen LogP contribution in [0.4, 0.5) is 0 Å². The van der Waals surface area contributed by atoms with Crippen molar-refractivity contribution in [1.29, 1.82) is 0 Å². The molecule has 0 fully saturated rings. The maximum Gasteiger partial charge on any atom is 0.0994 e. The van der Waals surface area contributed by atoms with E-state index in [-0.39, 0.29) is 6.61 Å². The lowest BCUT2D eigenvalue weighted by molar-refractivity contribution is 0.0847. The molecule has 6 nitrogen and oxygen atoms in total. The Morgan fingerprint density at radius 2 is 2.25 bits per heavy atom. The van der Waals surface area contributed by atoms with Crippen LogP contribution in [0.5, 0.6) is 0 Å². The summed E-state index contributed by atoms with van der Waals surface area (Å²) < 4.78 is 7.03. The molecule has 0 aromatic carbocycles. The van der Waals surface area contributed by atoms with Crippen molar-refractivity contribution in [2.24, 2.45) is 5.73 Å². The summed E-state index contributed by atoms with van der Waals surface area (Å²) in [6.45, 7) is 4.13. The van der Waals surface area contributed by atoms with Crippen LogP contribution >= 0.6 is 0 Å². The molecule has 6 heteroatoms.